The van der Waals surface area contributed by atoms with Gasteiger partial charge in [0.15, 0.2) is 0 Å². The average Bonchev–Trinajstić information content (AvgIpc) is 3.65. The molecule has 4 atom stereocenters. The van der Waals surface area contributed by atoms with Gasteiger partial charge in [0, 0.05) is 25.7 Å². The van der Waals surface area contributed by atoms with Crippen LogP contribution in [-0.4, -0.2) is 82.0 Å². The van der Waals surface area contributed by atoms with Gasteiger partial charge >= 0.3 is 6.09 Å². The number of alkyl carbamates (subject to hydrolysis) is 1. The maximum absolute atomic E-state index is 14.0. The third-order valence-corrected chi connectivity index (χ3v) is 8.76. The van der Waals surface area contributed by atoms with Gasteiger partial charge in [0.25, 0.3) is 0 Å². The summed E-state index contributed by atoms with van der Waals surface area (Å²) in [5.74, 6) is -0.251. The van der Waals surface area contributed by atoms with E-state index in [4.69, 9.17) is 4.74 Å². The lowest BCUT2D eigenvalue weighted by Gasteiger charge is -2.42. The molecule has 2 aromatic carbocycles. The number of nitrogens with one attached hydrogen (secondary N) is 1. The average molecular weight is 556 g/mol. The Bertz CT molecular complexity index is 1370. The fourth-order valence-electron chi connectivity index (χ4n) is 7.06. The molecule has 2 aromatic rings. The highest BCUT2D eigenvalue weighted by molar-refractivity contribution is 5.89. The maximum Gasteiger partial charge on any atom is 0.408 e. The molecule has 0 saturated carbocycles. The third-order valence-electron chi connectivity index (χ3n) is 8.76. The van der Waals surface area contributed by atoms with Crippen LogP contribution in [0.15, 0.2) is 48.5 Å². The van der Waals surface area contributed by atoms with Crippen LogP contribution < -0.4 is 5.32 Å². The molecular formula is C32H37N5O4. The number of nitrogens with zero attached hydrogens (tertiary/aromatic N) is 4. The van der Waals surface area contributed by atoms with Gasteiger partial charge in [0.1, 0.15) is 17.7 Å². The van der Waals surface area contributed by atoms with Crippen molar-refractivity contribution in [1.82, 2.24) is 20.0 Å². The Morgan fingerprint density at radius 3 is 2.37 bits per heavy atom. The van der Waals surface area contributed by atoms with Crippen molar-refractivity contribution < 1.29 is 19.1 Å². The SMILES string of the molecule is CC(C)(C)OC(=O)N[C@@H](CN1C[C@H]2C[C@@H]1C(=O)N2C1c2ccccc2Cc2ccccc21)C(=O)N1CCC[C@H]1C#N. The van der Waals surface area contributed by atoms with E-state index in [0.717, 1.165) is 12.8 Å². The minimum atomic E-state index is -0.921. The van der Waals surface area contributed by atoms with Crippen LogP contribution in [0.5, 0.6) is 0 Å². The van der Waals surface area contributed by atoms with E-state index in [0.29, 0.717) is 25.9 Å². The first-order valence-corrected chi connectivity index (χ1v) is 14.6. The normalized spacial score (nSPS) is 24.5. The molecule has 41 heavy (non-hydrogen) atoms. The minimum absolute atomic E-state index is 0.00682. The predicted octanol–water partition coefficient (Wildman–Crippen LogP) is 3.37. The van der Waals surface area contributed by atoms with Crippen molar-refractivity contribution >= 4 is 17.9 Å². The van der Waals surface area contributed by atoms with Gasteiger partial charge in [-0.15, -0.1) is 0 Å². The number of fused-ring (bicyclic) bond motifs is 4. The van der Waals surface area contributed by atoms with Crippen LogP contribution in [0.4, 0.5) is 4.79 Å². The summed E-state index contributed by atoms with van der Waals surface area (Å²) in [7, 11) is 0. The highest BCUT2D eigenvalue weighted by Crippen LogP contribution is 2.45. The monoisotopic (exact) mass is 555 g/mol. The van der Waals surface area contributed by atoms with E-state index in [-0.39, 0.29) is 36.5 Å². The van der Waals surface area contributed by atoms with Crippen molar-refractivity contribution in [2.45, 2.75) is 82.3 Å². The van der Waals surface area contributed by atoms with Gasteiger partial charge in [-0.05, 0) is 68.7 Å². The van der Waals surface area contributed by atoms with Crippen LogP contribution in [0.3, 0.4) is 0 Å². The highest BCUT2D eigenvalue weighted by atomic mass is 16.6. The molecule has 214 valence electrons. The second kappa shape index (κ2) is 10.5. The lowest BCUT2D eigenvalue weighted by molar-refractivity contribution is -0.141. The van der Waals surface area contributed by atoms with E-state index >= 15 is 0 Å². The summed E-state index contributed by atoms with van der Waals surface area (Å²) in [6, 6.07) is 17.0. The van der Waals surface area contributed by atoms with Crippen LogP contribution in [-0.2, 0) is 20.7 Å². The zero-order chi connectivity index (χ0) is 28.9. The number of piperazine rings is 1. The van der Waals surface area contributed by atoms with E-state index < -0.39 is 23.8 Å². The molecule has 3 aliphatic heterocycles. The molecule has 3 fully saturated rings. The number of nitriles is 1. The van der Waals surface area contributed by atoms with Gasteiger partial charge in [-0.25, -0.2) is 4.79 Å². The van der Waals surface area contributed by atoms with Crippen LogP contribution >= 0.6 is 0 Å². The molecule has 0 aromatic heterocycles. The van der Waals surface area contributed by atoms with E-state index in [2.05, 4.69) is 52.7 Å². The van der Waals surface area contributed by atoms with Gasteiger partial charge in [-0.1, -0.05) is 48.5 Å². The van der Waals surface area contributed by atoms with Gasteiger partial charge in [0.2, 0.25) is 11.8 Å². The zero-order valence-corrected chi connectivity index (χ0v) is 23.9. The number of hydrogen-bond acceptors (Lipinski definition) is 6. The summed E-state index contributed by atoms with van der Waals surface area (Å²) in [5, 5.41) is 12.4. The molecule has 9 nitrogen and oxygen atoms in total. The summed E-state index contributed by atoms with van der Waals surface area (Å²) >= 11 is 0. The molecule has 4 aliphatic rings. The summed E-state index contributed by atoms with van der Waals surface area (Å²) < 4.78 is 5.47. The highest BCUT2D eigenvalue weighted by Gasteiger charge is 2.54. The van der Waals surface area contributed by atoms with E-state index in [1.54, 1.807) is 25.7 Å². The number of carbonyl (C=O) groups excluding carboxylic acids is 3. The molecule has 3 saturated heterocycles. The Balaban J connectivity index is 1.24. The molecule has 2 bridgehead atoms. The fraction of sp³-hybridized carbons (Fsp3) is 0.500. The summed E-state index contributed by atoms with van der Waals surface area (Å²) in [5.41, 5.74) is 4.11. The molecule has 9 heteroatoms. The number of rotatable bonds is 5. The number of hydrogen-bond donors (Lipinski definition) is 1. The third kappa shape index (κ3) is 5.06. The van der Waals surface area contributed by atoms with Crippen LogP contribution in [0, 0.1) is 11.3 Å². The van der Waals surface area contributed by atoms with Crippen molar-refractivity contribution in [1.29, 1.82) is 5.26 Å². The number of ether oxygens (including phenoxy) is 1. The van der Waals surface area contributed by atoms with Gasteiger partial charge in [-0.2, -0.15) is 5.26 Å². The van der Waals surface area contributed by atoms with Gasteiger partial charge in [0.05, 0.1) is 18.2 Å². The largest absolute Gasteiger partial charge is 0.444 e. The number of likely N-dealkylation sites (tertiary alicyclic amines) is 3. The van der Waals surface area contributed by atoms with Gasteiger partial charge < -0.3 is 19.9 Å². The smallest absolute Gasteiger partial charge is 0.408 e. The van der Waals surface area contributed by atoms with Crippen molar-refractivity contribution in [2.75, 3.05) is 19.6 Å². The fourth-order valence-corrected chi connectivity index (χ4v) is 7.06. The molecule has 6 rings (SSSR count). The number of carbonyl (C=O) groups is 3. The van der Waals surface area contributed by atoms with E-state index in [9.17, 15) is 19.6 Å². The molecule has 0 unspecified atom stereocenters. The molecule has 1 aliphatic carbocycles. The van der Waals surface area contributed by atoms with Crippen LogP contribution in [0.2, 0.25) is 0 Å². The van der Waals surface area contributed by atoms with Crippen molar-refractivity contribution in [3.05, 3.63) is 70.8 Å². The van der Waals surface area contributed by atoms with Crippen molar-refractivity contribution in [2.24, 2.45) is 0 Å². The molecule has 3 heterocycles. The number of benzene rings is 2. The first-order chi connectivity index (χ1) is 19.6. The van der Waals surface area contributed by atoms with Crippen LogP contribution in [0.25, 0.3) is 0 Å². The zero-order valence-electron chi connectivity index (χ0n) is 23.9. The molecule has 0 radical (unpaired) electrons. The molecule has 0 spiro atoms. The van der Waals surface area contributed by atoms with Crippen LogP contribution in [0.1, 0.15) is 68.3 Å². The predicted molar refractivity (Wildman–Crippen MR) is 152 cm³/mol. The summed E-state index contributed by atoms with van der Waals surface area (Å²) in [6.07, 6.45) is 2.21. The van der Waals surface area contributed by atoms with Crippen molar-refractivity contribution in [3.63, 3.8) is 0 Å². The number of amides is 3. The Hall–Kier alpha value is -3.90. The first-order valence-electron chi connectivity index (χ1n) is 14.6. The molecular weight excluding hydrogens is 518 g/mol. The van der Waals surface area contributed by atoms with E-state index in [1.165, 1.54) is 22.3 Å². The quantitative estimate of drug-likeness (QED) is 0.607. The van der Waals surface area contributed by atoms with E-state index in [1.807, 2.05) is 17.0 Å². The Morgan fingerprint density at radius 2 is 1.76 bits per heavy atom. The molecule has 3 amide bonds. The summed E-state index contributed by atoms with van der Waals surface area (Å²) in [4.78, 5) is 46.1. The second-order valence-corrected chi connectivity index (χ2v) is 12.6. The summed E-state index contributed by atoms with van der Waals surface area (Å²) in [6.45, 7) is 6.57. The Labute approximate surface area is 241 Å². The lowest BCUT2D eigenvalue weighted by Crippen LogP contribution is -2.59. The maximum atomic E-state index is 14.0. The van der Waals surface area contributed by atoms with Gasteiger partial charge in [-0.3, -0.25) is 14.5 Å². The minimum Gasteiger partial charge on any atom is -0.444 e. The molecule has 1 N–H and O–H groups in total. The first kappa shape index (κ1) is 27.3. The topological polar surface area (TPSA) is 106 Å². The lowest BCUT2D eigenvalue weighted by atomic mass is 9.81. The Kier molecular flexibility index (Phi) is 6.98. The second-order valence-electron chi connectivity index (χ2n) is 12.6. The van der Waals surface area contributed by atoms with Crippen molar-refractivity contribution in [3.8, 4) is 6.07 Å². The standard InChI is InChI=1S/C32H37N5O4/c1-32(2,3)41-31(40)34-26(29(38)36-14-8-11-22(36)17-33)19-35-18-23-16-27(35)30(39)37(23)28-24-12-6-4-9-20(24)15-21-10-5-7-13-25(21)28/h4-7,9-10,12-13,22-23,26-28H,8,11,14-16,18-19H2,1-3H3,(H,34,40)/t22-,23+,26-,27+/m0/s1. The Morgan fingerprint density at radius 1 is 1.10 bits per heavy atom.